The molecule has 0 fully saturated rings. The maximum atomic E-state index is 12.2. The van der Waals surface area contributed by atoms with Crippen molar-refractivity contribution in [1.82, 2.24) is 0 Å². The zero-order valence-corrected chi connectivity index (χ0v) is 8.46. The third-order valence-electron chi connectivity index (χ3n) is 1.97. The molecule has 0 unspecified atom stereocenters. The van der Waals surface area contributed by atoms with Gasteiger partial charge in [-0.3, -0.25) is 0 Å². The predicted octanol–water partition coefficient (Wildman–Crippen LogP) is 4.02. The standard InChI is InChI=1S/C12H10F3N/c13-12(14,15)11-7-5-10(6-8-11)4-2-1-3-9-16/h2,4-8H,1,3H2. The van der Waals surface area contributed by atoms with E-state index >= 15 is 0 Å². The highest BCUT2D eigenvalue weighted by Gasteiger charge is 2.29. The molecule has 1 aromatic carbocycles. The number of halogens is 3. The van der Waals surface area contributed by atoms with Crippen molar-refractivity contribution in [2.45, 2.75) is 19.0 Å². The summed E-state index contributed by atoms with van der Waals surface area (Å²) in [6.45, 7) is 0. The van der Waals surface area contributed by atoms with E-state index in [2.05, 4.69) is 0 Å². The van der Waals surface area contributed by atoms with Crippen molar-refractivity contribution in [2.24, 2.45) is 0 Å². The number of unbranched alkanes of at least 4 members (excludes halogenated alkanes) is 1. The molecule has 0 radical (unpaired) electrons. The Morgan fingerprint density at radius 3 is 2.31 bits per heavy atom. The molecule has 0 heterocycles. The van der Waals surface area contributed by atoms with Gasteiger partial charge in [-0.1, -0.05) is 24.3 Å². The Morgan fingerprint density at radius 2 is 1.81 bits per heavy atom. The summed E-state index contributed by atoms with van der Waals surface area (Å²) in [6.07, 6.45) is 0.209. The van der Waals surface area contributed by atoms with Gasteiger partial charge in [-0.25, -0.2) is 0 Å². The monoisotopic (exact) mass is 225 g/mol. The van der Waals surface area contributed by atoms with Crippen LogP contribution in [0.1, 0.15) is 24.0 Å². The molecule has 1 rings (SSSR count). The minimum Gasteiger partial charge on any atom is -0.198 e. The molecule has 0 aliphatic heterocycles. The molecular formula is C12H10F3N. The van der Waals surface area contributed by atoms with Gasteiger partial charge in [0.2, 0.25) is 0 Å². The third-order valence-corrected chi connectivity index (χ3v) is 1.97. The van der Waals surface area contributed by atoms with Gasteiger partial charge in [0.05, 0.1) is 11.6 Å². The van der Waals surface area contributed by atoms with E-state index in [0.717, 1.165) is 12.1 Å². The predicted molar refractivity (Wildman–Crippen MR) is 55.3 cm³/mol. The Morgan fingerprint density at radius 1 is 1.19 bits per heavy atom. The first-order chi connectivity index (χ1) is 7.54. The van der Waals surface area contributed by atoms with Crippen molar-refractivity contribution in [1.29, 1.82) is 5.26 Å². The number of nitrogens with zero attached hydrogens (tertiary/aromatic N) is 1. The van der Waals surface area contributed by atoms with Gasteiger partial charge in [0.15, 0.2) is 0 Å². The largest absolute Gasteiger partial charge is 0.416 e. The van der Waals surface area contributed by atoms with Crippen molar-refractivity contribution in [3.63, 3.8) is 0 Å². The molecule has 84 valence electrons. The number of alkyl halides is 3. The van der Waals surface area contributed by atoms with Crippen LogP contribution in [0.15, 0.2) is 30.3 Å². The Labute approximate surface area is 91.8 Å². The lowest BCUT2D eigenvalue weighted by Crippen LogP contribution is -2.03. The summed E-state index contributed by atoms with van der Waals surface area (Å²) in [5.74, 6) is 0. The number of hydrogen-bond donors (Lipinski definition) is 0. The van der Waals surface area contributed by atoms with Crippen LogP contribution in [-0.2, 0) is 6.18 Å². The van der Waals surface area contributed by atoms with E-state index in [1.54, 1.807) is 12.2 Å². The Kier molecular flexibility index (Phi) is 4.12. The number of allylic oxidation sites excluding steroid dienone is 1. The van der Waals surface area contributed by atoms with Gasteiger partial charge in [0.25, 0.3) is 0 Å². The maximum absolute atomic E-state index is 12.2. The van der Waals surface area contributed by atoms with Crippen molar-refractivity contribution >= 4 is 6.08 Å². The Bertz CT molecular complexity index is 396. The van der Waals surface area contributed by atoms with Gasteiger partial charge in [-0.2, -0.15) is 18.4 Å². The Hall–Kier alpha value is -1.76. The van der Waals surface area contributed by atoms with Gasteiger partial charge in [0.1, 0.15) is 0 Å². The summed E-state index contributed by atoms with van der Waals surface area (Å²) in [5, 5.41) is 8.28. The van der Waals surface area contributed by atoms with E-state index in [4.69, 9.17) is 5.26 Å². The second-order valence-corrected chi connectivity index (χ2v) is 3.22. The topological polar surface area (TPSA) is 23.8 Å². The van der Waals surface area contributed by atoms with E-state index in [-0.39, 0.29) is 0 Å². The molecule has 0 saturated carbocycles. The lowest BCUT2D eigenvalue weighted by atomic mass is 10.1. The van der Waals surface area contributed by atoms with Crippen LogP contribution < -0.4 is 0 Å². The maximum Gasteiger partial charge on any atom is 0.416 e. The van der Waals surface area contributed by atoms with Crippen LogP contribution in [-0.4, -0.2) is 0 Å². The molecule has 1 aromatic rings. The second-order valence-electron chi connectivity index (χ2n) is 3.22. The molecule has 0 amide bonds. The summed E-state index contributed by atoms with van der Waals surface area (Å²) in [6, 6.07) is 6.89. The molecule has 0 aliphatic rings. The van der Waals surface area contributed by atoms with Crippen molar-refractivity contribution in [3.05, 3.63) is 41.5 Å². The second kappa shape index (κ2) is 5.36. The fourth-order valence-electron chi connectivity index (χ4n) is 1.15. The highest BCUT2D eigenvalue weighted by Crippen LogP contribution is 2.29. The highest BCUT2D eigenvalue weighted by atomic mass is 19.4. The number of nitriles is 1. The quantitative estimate of drug-likeness (QED) is 0.712. The van der Waals surface area contributed by atoms with Crippen LogP contribution in [0.5, 0.6) is 0 Å². The summed E-state index contributed by atoms with van der Waals surface area (Å²) in [5.41, 5.74) is 0.0487. The van der Waals surface area contributed by atoms with Gasteiger partial charge in [-0.15, -0.1) is 0 Å². The zero-order chi connectivity index (χ0) is 12.0. The van der Waals surface area contributed by atoms with Crippen LogP contribution in [0.25, 0.3) is 6.08 Å². The van der Waals surface area contributed by atoms with Crippen LogP contribution >= 0.6 is 0 Å². The molecule has 0 atom stereocenters. The molecule has 16 heavy (non-hydrogen) atoms. The summed E-state index contributed by atoms with van der Waals surface area (Å²) in [4.78, 5) is 0. The van der Waals surface area contributed by atoms with E-state index < -0.39 is 11.7 Å². The molecule has 1 nitrogen and oxygen atoms in total. The van der Waals surface area contributed by atoms with Crippen LogP contribution in [0.4, 0.5) is 13.2 Å². The first-order valence-corrected chi connectivity index (χ1v) is 4.75. The van der Waals surface area contributed by atoms with Gasteiger partial charge >= 0.3 is 6.18 Å². The molecule has 4 heteroatoms. The summed E-state index contributed by atoms with van der Waals surface area (Å²) < 4.78 is 36.7. The van der Waals surface area contributed by atoms with E-state index in [0.29, 0.717) is 18.4 Å². The van der Waals surface area contributed by atoms with Gasteiger partial charge in [-0.05, 0) is 24.1 Å². The van der Waals surface area contributed by atoms with Crippen molar-refractivity contribution in [2.75, 3.05) is 0 Å². The molecule has 0 aromatic heterocycles. The van der Waals surface area contributed by atoms with Crippen LogP contribution in [0.2, 0.25) is 0 Å². The summed E-state index contributed by atoms with van der Waals surface area (Å²) in [7, 11) is 0. The molecule has 0 N–H and O–H groups in total. The minimum atomic E-state index is -4.29. The average Bonchev–Trinajstić information content (AvgIpc) is 2.24. The molecule has 0 spiro atoms. The molecule has 0 bridgehead atoms. The highest BCUT2D eigenvalue weighted by molar-refractivity contribution is 5.49. The first-order valence-electron chi connectivity index (χ1n) is 4.75. The molecular weight excluding hydrogens is 215 g/mol. The number of hydrogen-bond acceptors (Lipinski definition) is 1. The lowest BCUT2D eigenvalue weighted by Gasteiger charge is -2.05. The van der Waals surface area contributed by atoms with E-state index in [1.165, 1.54) is 12.1 Å². The smallest absolute Gasteiger partial charge is 0.198 e. The van der Waals surface area contributed by atoms with E-state index in [9.17, 15) is 13.2 Å². The lowest BCUT2D eigenvalue weighted by molar-refractivity contribution is -0.137. The van der Waals surface area contributed by atoms with Crippen LogP contribution in [0, 0.1) is 11.3 Å². The zero-order valence-electron chi connectivity index (χ0n) is 8.46. The molecule has 0 saturated heterocycles. The van der Waals surface area contributed by atoms with Crippen molar-refractivity contribution < 1.29 is 13.2 Å². The van der Waals surface area contributed by atoms with Gasteiger partial charge in [0, 0.05) is 6.42 Å². The fraction of sp³-hybridized carbons (Fsp3) is 0.250. The molecule has 0 aliphatic carbocycles. The Balaban J connectivity index is 2.66. The first kappa shape index (κ1) is 12.3. The summed E-state index contributed by atoms with van der Waals surface area (Å²) >= 11 is 0. The SMILES string of the molecule is N#CCCC=Cc1ccc(C(F)(F)F)cc1. The van der Waals surface area contributed by atoms with Gasteiger partial charge < -0.3 is 0 Å². The number of benzene rings is 1. The number of rotatable bonds is 3. The van der Waals surface area contributed by atoms with E-state index in [1.807, 2.05) is 6.07 Å². The fourth-order valence-corrected chi connectivity index (χ4v) is 1.15. The average molecular weight is 225 g/mol. The normalized spacial score (nSPS) is 11.6. The minimum absolute atomic E-state index is 0.414. The van der Waals surface area contributed by atoms with Crippen LogP contribution in [0.3, 0.4) is 0 Å². The third kappa shape index (κ3) is 3.77. The van der Waals surface area contributed by atoms with Crippen molar-refractivity contribution in [3.8, 4) is 6.07 Å².